The van der Waals surface area contributed by atoms with Gasteiger partial charge in [-0.15, -0.1) is 0 Å². The van der Waals surface area contributed by atoms with Crippen molar-refractivity contribution >= 4 is 0 Å². The molecule has 0 aromatic rings. The molecule has 0 heterocycles. The molecule has 0 aromatic heterocycles. The molecular weight excluding hydrogens is 224 g/mol. The number of aliphatic hydroxyl groups is 2. The fraction of sp³-hybridized carbons (Fsp3) is 1.00. The molecule has 0 bridgehead atoms. The molecule has 2 fully saturated rings. The van der Waals surface area contributed by atoms with Crippen LogP contribution in [0.5, 0.6) is 0 Å². The molecule has 2 aliphatic carbocycles. The SMILES string of the molecule is OCCCC1CCC2CC(CCCO)CCC2C1. The maximum absolute atomic E-state index is 8.93. The van der Waals surface area contributed by atoms with Crippen molar-refractivity contribution in [2.24, 2.45) is 23.7 Å². The third-order valence-corrected chi connectivity index (χ3v) is 5.37. The van der Waals surface area contributed by atoms with E-state index in [0.29, 0.717) is 13.2 Å². The predicted molar refractivity (Wildman–Crippen MR) is 74.3 cm³/mol. The Kier molecular flexibility index (Phi) is 5.97. The molecule has 0 saturated heterocycles. The number of hydrogen-bond donors (Lipinski definition) is 2. The van der Waals surface area contributed by atoms with Gasteiger partial charge in [0.25, 0.3) is 0 Å². The number of aliphatic hydroxyl groups excluding tert-OH is 2. The van der Waals surface area contributed by atoms with E-state index >= 15 is 0 Å². The van der Waals surface area contributed by atoms with Crippen molar-refractivity contribution in [3.8, 4) is 0 Å². The van der Waals surface area contributed by atoms with Gasteiger partial charge in [-0.2, -0.15) is 0 Å². The molecule has 0 aliphatic heterocycles. The Hall–Kier alpha value is -0.0800. The van der Waals surface area contributed by atoms with Gasteiger partial charge in [0.05, 0.1) is 0 Å². The fourth-order valence-electron chi connectivity index (χ4n) is 4.37. The van der Waals surface area contributed by atoms with Gasteiger partial charge in [0, 0.05) is 13.2 Å². The van der Waals surface area contributed by atoms with Gasteiger partial charge in [-0.25, -0.2) is 0 Å². The highest BCUT2D eigenvalue weighted by molar-refractivity contribution is 4.86. The molecule has 4 unspecified atom stereocenters. The molecule has 2 rings (SSSR count). The Morgan fingerprint density at radius 2 is 1.11 bits per heavy atom. The summed E-state index contributed by atoms with van der Waals surface area (Å²) < 4.78 is 0. The summed E-state index contributed by atoms with van der Waals surface area (Å²) in [6.07, 6.45) is 13.0. The topological polar surface area (TPSA) is 40.5 Å². The lowest BCUT2D eigenvalue weighted by molar-refractivity contribution is 0.0867. The van der Waals surface area contributed by atoms with E-state index < -0.39 is 0 Å². The third kappa shape index (κ3) is 3.96. The van der Waals surface area contributed by atoms with Gasteiger partial charge in [0.2, 0.25) is 0 Å². The lowest BCUT2D eigenvalue weighted by Crippen LogP contribution is -2.31. The third-order valence-electron chi connectivity index (χ3n) is 5.37. The molecule has 0 amide bonds. The second kappa shape index (κ2) is 7.49. The molecular formula is C16H30O2. The van der Waals surface area contributed by atoms with Crippen LogP contribution in [0.3, 0.4) is 0 Å². The zero-order chi connectivity index (χ0) is 12.8. The van der Waals surface area contributed by atoms with E-state index in [0.717, 1.165) is 36.5 Å². The summed E-state index contributed by atoms with van der Waals surface area (Å²) in [5.41, 5.74) is 0. The van der Waals surface area contributed by atoms with Gasteiger partial charge < -0.3 is 10.2 Å². The smallest absolute Gasteiger partial charge is 0.0431 e. The number of hydrogen-bond acceptors (Lipinski definition) is 2. The zero-order valence-electron chi connectivity index (χ0n) is 11.7. The standard InChI is InChI=1S/C16H30O2/c17-9-1-3-13-5-7-16-12-14(4-2-10-18)6-8-15(16)11-13/h13-18H,1-12H2. The van der Waals surface area contributed by atoms with Crippen molar-refractivity contribution in [1.29, 1.82) is 0 Å². The average molecular weight is 254 g/mol. The first-order valence-corrected chi connectivity index (χ1v) is 8.05. The summed E-state index contributed by atoms with van der Waals surface area (Å²) >= 11 is 0. The summed E-state index contributed by atoms with van der Waals surface area (Å²) in [7, 11) is 0. The molecule has 2 nitrogen and oxygen atoms in total. The Labute approximate surface area is 112 Å². The van der Waals surface area contributed by atoms with E-state index in [4.69, 9.17) is 10.2 Å². The Balaban J connectivity index is 1.73. The van der Waals surface area contributed by atoms with Crippen LogP contribution in [0.1, 0.15) is 64.2 Å². The van der Waals surface area contributed by atoms with E-state index in [-0.39, 0.29) is 0 Å². The van der Waals surface area contributed by atoms with Crippen molar-refractivity contribution in [3.63, 3.8) is 0 Å². The first kappa shape index (κ1) is 14.3. The van der Waals surface area contributed by atoms with Crippen LogP contribution >= 0.6 is 0 Å². The number of rotatable bonds is 6. The van der Waals surface area contributed by atoms with Gasteiger partial charge in [0.15, 0.2) is 0 Å². The first-order valence-electron chi connectivity index (χ1n) is 8.05. The molecule has 2 saturated carbocycles. The van der Waals surface area contributed by atoms with Gasteiger partial charge in [-0.1, -0.05) is 12.8 Å². The van der Waals surface area contributed by atoms with E-state index in [1.54, 1.807) is 0 Å². The molecule has 0 radical (unpaired) electrons. The van der Waals surface area contributed by atoms with Crippen LogP contribution in [-0.2, 0) is 0 Å². The van der Waals surface area contributed by atoms with Gasteiger partial charge in [-0.3, -0.25) is 0 Å². The molecule has 0 spiro atoms. The summed E-state index contributed by atoms with van der Waals surface area (Å²) in [6, 6.07) is 0. The molecule has 2 N–H and O–H groups in total. The van der Waals surface area contributed by atoms with Gasteiger partial charge in [-0.05, 0) is 75.0 Å². The fourth-order valence-corrected chi connectivity index (χ4v) is 4.37. The van der Waals surface area contributed by atoms with E-state index in [9.17, 15) is 0 Å². The Morgan fingerprint density at radius 1 is 0.667 bits per heavy atom. The van der Waals surface area contributed by atoms with E-state index in [1.807, 2.05) is 0 Å². The van der Waals surface area contributed by atoms with E-state index in [2.05, 4.69) is 0 Å². The van der Waals surface area contributed by atoms with Crippen molar-refractivity contribution < 1.29 is 10.2 Å². The summed E-state index contributed by atoms with van der Waals surface area (Å²) in [6.45, 7) is 0.738. The molecule has 2 heteroatoms. The average Bonchev–Trinajstić information content (AvgIpc) is 2.42. The highest BCUT2D eigenvalue weighted by Crippen LogP contribution is 2.46. The quantitative estimate of drug-likeness (QED) is 0.763. The first-order chi connectivity index (χ1) is 8.83. The maximum Gasteiger partial charge on any atom is 0.0431 e. The largest absolute Gasteiger partial charge is 0.396 e. The summed E-state index contributed by atoms with van der Waals surface area (Å²) in [4.78, 5) is 0. The normalized spacial score (nSPS) is 36.3. The Morgan fingerprint density at radius 3 is 1.50 bits per heavy atom. The summed E-state index contributed by atoms with van der Waals surface area (Å²) in [5, 5.41) is 17.9. The maximum atomic E-state index is 8.93. The molecule has 0 aromatic carbocycles. The van der Waals surface area contributed by atoms with Crippen LogP contribution < -0.4 is 0 Å². The number of fused-ring (bicyclic) bond motifs is 1. The lowest BCUT2D eigenvalue weighted by Gasteiger charge is -2.42. The molecule has 106 valence electrons. The van der Waals surface area contributed by atoms with Crippen LogP contribution in [0.2, 0.25) is 0 Å². The van der Waals surface area contributed by atoms with Crippen LogP contribution in [0.15, 0.2) is 0 Å². The van der Waals surface area contributed by atoms with Crippen molar-refractivity contribution in [1.82, 2.24) is 0 Å². The second-order valence-corrected chi connectivity index (χ2v) is 6.61. The van der Waals surface area contributed by atoms with Gasteiger partial charge in [0.1, 0.15) is 0 Å². The van der Waals surface area contributed by atoms with Crippen molar-refractivity contribution in [2.45, 2.75) is 64.2 Å². The van der Waals surface area contributed by atoms with Crippen molar-refractivity contribution in [2.75, 3.05) is 13.2 Å². The lowest BCUT2D eigenvalue weighted by atomic mass is 9.64. The minimum atomic E-state index is 0.369. The summed E-state index contributed by atoms with van der Waals surface area (Å²) in [5.74, 6) is 3.75. The molecule has 18 heavy (non-hydrogen) atoms. The molecule has 4 atom stereocenters. The highest BCUT2D eigenvalue weighted by Gasteiger charge is 2.34. The van der Waals surface area contributed by atoms with Crippen LogP contribution in [-0.4, -0.2) is 23.4 Å². The monoisotopic (exact) mass is 254 g/mol. The predicted octanol–water partition coefficient (Wildman–Crippen LogP) is 3.36. The zero-order valence-corrected chi connectivity index (χ0v) is 11.7. The second-order valence-electron chi connectivity index (χ2n) is 6.61. The van der Waals surface area contributed by atoms with Gasteiger partial charge >= 0.3 is 0 Å². The van der Waals surface area contributed by atoms with Crippen LogP contribution in [0.25, 0.3) is 0 Å². The van der Waals surface area contributed by atoms with E-state index in [1.165, 1.54) is 51.4 Å². The highest BCUT2D eigenvalue weighted by atomic mass is 16.3. The van der Waals surface area contributed by atoms with Crippen LogP contribution in [0, 0.1) is 23.7 Å². The molecule has 2 aliphatic rings. The minimum absolute atomic E-state index is 0.369. The van der Waals surface area contributed by atoms with Crippen LogP contribution in [0.4, 0.5) is 0 Å². The van der Waals surface area contributed by atoms with Crippen molar-refractivity contribution in [3.05, 3.63) is 0 Å². The minimum Gasteiger partial charge on any atom is -0.396 e. The Bertz CT molecular complexity index is 205.